The van der Waals surface area contributed by atoms with E-state index in [9.17, 15) is 4.79 Å². The Morgan fingerprint density at radius 3 is 2.42 bits per heavy atom. The Bertz CT molecular complexity index is 1170. The quantitative estimate of drug-likeness (QED) is 0.437. The summed E-state index contributed by atoms with van der Waals surface area (Å²) in [6.07, 6.45) is 5.14. The zero-order valence-electron chi connectivity index (χ0n) is 17.5. The number of carbonyl (C=O) groups is 1. The van der Waals surface area contributed by atoms with Crippen molar-refractivity contribution < 1.29 is 9.53 Å². The number of ether oxygens (including phenoxy) is 1. The maximum atomic E-state index is 13.1. The molecular formula is C24H22N4O2S. The molecule has 4 rings (SSSR count). The lowest BCUT2D eigenvalue weighted by atomic mass is 10.0. The van der Waals surface area contributed by atoms with Gasteiger partial charge in [0.25, 0.3) is 11.1 Å². The number of nitrogens with one attached hydrogen (secondary N) is 1. The molecule has 0 aliphatic rings. The zero-order valence-corrected chi connectivity index (χ0v) is 18.3. The van der Waals surface area contributed by atoms with Gasteiger partial charge in [-0.2, -0.15) is 0 Å². The Morgan fingerprint density at radius 1 is 1.00 bits per heavy atom. The second kappa shape index (κ2) is 9.06. The molecule has 0 aliphatic heterocycles. The molecule has 2 heterocycles. The third kappa shape index (κ3) is 5.13. The summed E-state index contributed by atoms with van der Waals surface area (Å²) < 4.78 is 5.91. The fraction of sp³-hybridized carbons (Fsp3) is 0.167. The summed E-state index contributed by atoms with van der Waals surface area (Å²) in [4.78, 5) is 25.7. The van der Waals surface area contributed by atoms with Crippen LogP contribution in [0.15, 0.2) is 66.4 Å². The zero-order chi connectivity index (χ0) is 21.8. The highest BCUT2D eigenvalue weighted by atomic mass is 32.1. The van der Waals surface area contributed by atoms with E-state index >= 15 is 0 Å². The van der Waals surface area contributed by atoms with E-state index in [1.807, 2.05) is 62.5 Å². The van der Waals surface area contributed by atoms with E-state index in [-0.39, 0.29) is 11.9 Å². The normalized spacial score (nSPS) is 11.7. The van der Waals surface area contributed by atoms with Crippen LogP contribution in [0.5, 0.6) is 10.9 Å². The standard InChI is InChI=1S/C24H22N4O2S/c1-15-4-6-18(7-5-15)19-10-20(12-22(11-19)30-24-25-8-9-31-24)23(29)28-16(2)21-13-26-17(3)27-14-21/h4-14,16H,1-3H3,(H,28,29). The number of rotatable bonds is 6. The summed E-state index contributed by atoms with van der Waals surface area (Å²) in [7, 11) is 0. The first-order chi connectivity index (χ1) is 15.0. The van der Waals surface area contributed by atoms with Crippen LogP contribution in [0, 0.1) is 13.8 Å². The molecule has 4 aromatic rings. The van der Waals surface area contributed by atoms with Crippen LogP contribution in [-0.4, -0.2) is 20.9 Å². The minimum atomic E-state index is -0.237. The Morgan fingerprint density at radius 2 is 1.74 bits per heavy atom. The number of hydrogen-bond acceptors (Lipinski definition) is 6. The Hall–Kier alpha value is -3.58. The van der Waals surface area contributed by atoms with Crippen molar-refractivity contribution in [2.45, 2.75) is 26.8 Å². The summed E-state index contributed by atoms with van der Waals surface area (Å²) >= 11 is 1.40. The van der Waals surface area contributed by atoms with Crippen LogP contribution < -0.4 is 10.1 Å². The van der Waals surface area contributed by atoms with E-state index in [1.54, 1.807) is 24.7 Å². The van der Waals surface area contributed by atoms with Crippen molar-refractivity contribution in [1.82, 2.24) is 20.3 Å². The van der Waals surface area contributed by atoms with Gasteiger partial charge in [-0.25, -0.2) is 15.0 Å². The molecule has 0 bridgehead atoms. The summed E-state index contributed by atoms with van der Waals surface area (Å²) in [5, 5.41) is 5.39. The number of benzene rings is 2. The fourth-order valence-electron chi connectivity index (χ4n) is 3.05. The van der Waals surface area contributed by atoms with Crippen molar-refractivity contribution in [1.29, 1.82) is 0 Å². The average molecular weight is 431 g/mol. The van der Waals surface area contributed by atoms with Gasteiger partial charge in [0, 0.05) is 35.1 Å². The van der Waals surface area contributed by atoms with Crippen molar-refractivity contribution in [3.8, 4) is 22.1 Å². The molecule has 0 radical (unpaired) electrons. The van der Waals surface area contributed by atoms with Crippen molar-refractivity contribution >= 4 is 17.2 Å². The maximum absolute atomic E-state index is 13.1. The number of thiazole rings is 1. The second-order valence-corrected chi connectivity index (χ2v) is 8.13. The number of nitrogens with zero attached hydrogens (tertiary/aromatic N) is 3. The Labute approximate surface area is 185 Å². The number of hydrogen-bond donors (Lipinski definition) is 1. The molecule has 1 unspecified atom stereocenters. The highest BCUT2D eigenvalue weighted by Gasteiger charge is 2.15. The summed E-state index contributed by atoms with van der Waals surface area (Å²) in [5.74, 6) is 1.05. The topological polar surface area (TPSA) is 77.0 Å². The second-order valence-electron chi connectivity index (χ2n) is 7.27. The first-order valence-corrected chi connectivity index (χ1v) is 10.7. The van der Waals surface area contributed by atoms with Crippen LogP contribution in [0.25, 0.3) is 11.1 Å². The molecule has 1 amide bonds. The smallest absolute Gasteiger partial charge is 0.278 e. The van der Waals surface area contributed by atoms with Crippen LogP contribution in [0.1, 0.15) is 40.3 Å². The van der Waals surface area contributed by atoms with Gasteiger partial charge in [0.2, 0.25) is 0 Å². The minimum absolute atomic E-state index is 0.203. The molecule has 0 fully saturated rings. The van der Waals surface area contributed by atoms with E-state index in [2.05, 4.69) is 20.3 Å². The highest BCUT2D eigenvalue weighted by molar-refractivity contribution is 7.11. The molecule has 0 saturated carbocycles. The molecule has 0 aliphatic carbocycles. The van der Waals surface area contributed by atoms with Gasteiger partial charge in [0.15, 0.2) is 0 Å². The predicted octanol–water partition coefficient (Wildman–Crippen LogP) is 5.50. The monoisotopic (exact) mass is 430 g/mol. The summed E-state index contributed by atoms with van der Waals surface area (Å²) in [6.45, 7) is 5.77. The molecule has 0 saturated heterocycles. The van der Waals surface area contributed by atoms with E-state index in [0.717, 1.165) is 16.7 Å². The van der Waals surface area contributed by atoms with Gasteiger partial charge in [-0.15, -0.1) is 0 Å². The molecule has 2 aromatic heterocycles. The molecule has 1 atom stereocenters. The number of aryl methyl sites for hydroxylation is 2. The van der Waals surface area contributed by atoms with Crippen molar-refractivity contribution in [2.24, 2.45) is 0 Å². The van der Waals surface area contributed by atoms with Gasteiger partial charge in [0.1, 0.15) is 11.6 Å². The maximum Gasteiger partial charge on any atom is 0.278 e. The molecule has 7 heteroatoms. The van der Waals surface area contributed by atoms with Crippen molar-refractivity contribution in [3.05, 3.63) is 88.9 Å². The third-order valence-corrected chi connectivity index (χ3v) is 5.47. The minimum Gasteiger partial charge on any atom is -0.431 e. The highest BCUT2D eigenvalue weighted by Crippen LogP contribution is 2.30. The molecule has 31 heavy (non-hydrogen) atoms. The SMILES string of the molecule is Cc1ccc(-c2cc(Oc3nccs3)cc(C(=O)NC(C)c3cnc(C)nc3)c2)cc1. The van der Waals surface area contributed by atoms with Gasteiger partial charge in [-0.05, 0) is 50.1 Å². The number of amides is 1. The van der Waals surface area contributed by atoms with Crippen LogP contribution >= 0.6 is 11.3 Å². The summed E-state index contributed by atoms with van der Waals surface area (Å²) in [5.41, 5.74) is 4.42. The van der Waals surface area contributed by atoms with E-state index < -0.39 is 0 Å². The van der Waals surface area contributed by atoms with Crippen LogP contribution in [0.4, 0.5) is 0 Å². The van der Waals surface area contributed by atoms with Crippen LogP contribution in [0.2, 0.25) is 0 Å². The van der Waals surface area contributed by atoms with E-state index in [0.29, 0.717) is 22.3 Å². The van der Waals surface area contributed by atoms with Crippen LogP contribution in [-0.2, 0) is 0 Å². The van der Waals surface area contributed by atoms with Gasteiger partial charge in [0.05, 0.1) is 6.04 Å². The molecule has 2 aromatic carbocycles. The van der Waals surface area contributed by atoms with Crippen molar-refractivity contribution in [3.63, 3.8) is 0 Å². The Kier molecular flexibility index (Phi) is 6.04. The first-order valence-electron chi connectivity index (χ1n) is 9.87. The number of aromatic nitrogens is 3. The van der Waals surface area contributed by atoms with E-state index in [4.69, 9.17) is 4.74 Å². The third-order valence-electron chi connectivity index (χ3n) is 4.82. The first kappa shape index (κ1) is 20.7. The average Bonchev–Trinajstić information content (AvgIpc) is 3.27. The van der Waals surface area contributed by atoms with Gasteiger partial charge >= 0.3 is 0 Å². The molecule has 1 N–H and O–H groups in total. The molecule has 156 valence electrons. The molecular weight excluding hydrogens is 408 g/mol. The lowest BCUT2D eigenvalue weighted by Gasteiger charge is -2.15. The van der Waals surface area contributed by atoms with Gasteiger partial charge in [-0.3, -0.25) is 4.79 Å². The predicted molar refractivity (Wildman–Crippen MR) is 121 cm³/mol. The van der Waals surface area contributed by atoms with Crippen molar-refractivity contribution in [2.75, 3.05) is 0 Å². The summed E-state index contributed by atoms with van der Waals surface area (Å²) in [6, 6.07) is 13.4. The molecule has 0 spiro atoms. The fourth-order valence-corrected chi connectivity index (χ4v) is 3.56. The number of carbonyl (C=O) groups excluding carboxylic acids is 1. The lowest BCUT2D eigenvalue weighted by Crippen LogP contribution is -2.27. The molecule has 6 nitrogen and oxygen atoms in total. The largest absolute Gasteiger partial charge is 0.431 e. The lowest BCUT2D eigenvalue weighted by molar-refractivity contribution is 0.0939. The Balaban J connectivity index is 1.64. The van der Waals surface area contributed by atoms with Gasteiger partial charge < -0.3 is 10.1 Å². The van der Waals surface area contributed by atoms with E-state index in [1.165, 1.54) is 16.9 Å². The van der Waals surface area contributed by atoms with Gasteiger partial charge in [-0.1, -0.05) is 41.2 Å². The van der Waals surface area contributed by atoms with Crippen LogP contribution in [0.3, 0.4) is 0 Å².